The molecule has 1 atom stereocenters. The summed E-state index contributed by atoms with van der Waals surface area (Å²) in [7, 11) is 0.819. The fraction of sp³-hybridized carbons (Fsp3) is 0.263. The lowest BCUT2D eigenvalue weighted by Gasteiger charge is -2.15. The van der Waals surface area contributed by atoms with Gasteiger partial charge in [0.25, 0.3) is 5.91 Å². The van der Waals surface area contributed by atoms with E-state index in [1.807, 2.05) is 19.2 Å². The number of nitrogens with one attached hydrogen (secondary N) is 2. The normalized spacial score (nSPS) is 11.7. The number of ether oxygens (including phenoxy) is 1. The molecule has 3 N–H and O–H groups in total. The van der Waals surface area contributed by atoms with Crippen LogP contribution in [0.1, 0.15) is 42.1 Å². The second-order valence-corrected chi connectivity index (χ2v) is 6.57. The molecule has 29 heavy (non-hydrogen) atoms. The number of hydrogen-bond donors (Lipinski definition) is 3. The van der Waals surface area contributed by atoms with Gasteiger partial charge in [-0.25, -0.2) is 8.78 Å². The van der Waals surface area contributed by atoms with Gasteiger partial charge in [-0.2, -0.15) is 8.78 Å². The van der Waals surface area contributed by atoms with Gasteiger partial charge in [-0.05, 0) is 42.3 Å². The van der Waals surface area contributed by atoms with Gasteiger partial charge in [0, 0.05) is 0 Å². The number of carbonyl (C=O) groups excluding carboxylic acids is 1. The van der Waals surface area contributed by atoms with Gasteiger partial charge in [-0.3, -0.25) is 10.1 Å². The van der Waals surface area contributed by atoms with Crippen LogP contribution >= 0.6 is 12.2 Å². The number of thiocarbonyl (C=S) groups is 1. The fourth-order valence-electron chi connectivity index (χ4n) is 2.51. The van der Waals surface area contributed by atoms with Crippen LogP contribution in [0.5, 0.6) is 11.5 Å². The molecule has 1 amide bonds. The van der Waals surface area contributed by atoms with Crippen molar-refractivity contribution < 1.29 is 32.2 Å². The Morgan fingerprint density at radius 2 is 1.76 bits per heavy atom. The number of phenols is 1. The van der Waals surface area contributed by atoms with E-state index in [0.717, 1.165) is 19.1 Å². The number of benzene rings is 2. The molecule has 2 aromatic rings. The van der Waals surface area contributed by atoms with Crippen LogP contribution in [0.3, 0.4) is 0 Å². The van der Waals surface area contributed by atoms with Crippen molar-refractivity contribution >= 4 is 28.9 Å². The third kappa shape index (κ3) is 4.58. The van der Waals surface area contributed by atoms with Crippen LogP contribution in [-0.4, -0.2) is 23.2 Å². The summed E-state index contributed by atoms with van der Waals surface area (Å²) in [5.41, 5.74) is -0.484. The lowest BCUT2D eigenvalue weighted by molar-refractivity contribution is 0.0966. The van der Waals surface area contributed by atoms with Crippen molar-refractivity contribution in [1.29, 1.82) is 0 Å². The maximum Gasteiger partial charge on any atom is 0.263 e. The van der Waals surface area contributed by atoms with Crippen molar-refractivity contribution in [2.45, 2.75) is 26.2 Å². The zero-order valence-electron chi connectivity index (χ0n) is 15.7. The number of amides is 1. The van der Waals surface area contributed by atoms with Crippen LogP contribution in [0, 0.1) is 23.3 Å². The summed E-state index contributed by atoms with van der Waals surface area (Å²) < 4.78 is 59.9. The predicted molar refractivity (Wildman–Crippen MR) is 103 cm³/mol. The van der Waals surface area contributed by atoms with Crippen LogP contribution < -0.4 is 15.4 Å². The average molecular weight is 430 g/mol. The molecule has 0 bridgehead atoms. The van der Waals surface area contributed by atoms with Gasteiger partial charge in [-0.15, -0.1) is 0 Å². The molecule has 0 heterocycles. The highest BCUT2D eigenvalue weighted by atomic mass is 32.1. The molecule has 2 aromatic carbocycles. The number of hydrogen-bond acceptors (Lipinski definition) is 4. The van der Waals surface area contributed by atoms with Crippen molar-refractivity contribution in [1.82, 2.24) is 5.32 Å². The van der Waals surface area contributed by atoms with E-state index in [4.69, 9.17) is 12.2 Å². The van der Waals surface area contributed by atoms with Crippen LogP contribution in [-0.2, 0) is 0 Å². The summed E-state index contributed by atoms with van der Waals surface area (Å²) in [5, 5.41) is 13.9. The zero-order chi connectivity index (χ0) is 21.9. The van der Waals surface area contributed by atoms with Gasteiger partial charge in [0.1, 0.15) is 11.3 Å². The SMILES string of the molecule is CC[C@@H](C)c1ccc(O)c(NC(=S)NC(=O)c2c(F)c(F)c(OC)c(F)c2F)c1. The van der Waals surface area contributed by atoms with Gasteiger partial charge < -0.3 is 15.2 Å². The van der Waals surface area contributed by atoms with Gasteiger partial charge in [0.2, 0.25) is 11.6 Å². The third-order valence-electron chi connectivity index (χ3n) is 4.33. The van der Waals surface area contributed by atoms with Crippen molar-refractivity contribution in [3.8, 4) is 11.5 Å². The number of phenolic OH excluding ortho intramolecular Hbond substituents is 1. The van der Waals surface area contributed by atoms with E-state index in [9.17, 15) is 27.5 Å². The van der Waals surface area contributed by atoms with Gasteiger partial charge in [0.05, 0.1) is 12.8 Å². The van der Waals surface area contributed by atoms with Crippen LogP contribution in [0.2, 0.25) is 0 Å². The summed E-state index contributed by atoms with van der Waals surface area (Å²) in [6, 6.07) is 4.72. The Labute approximate surface area is 169 Å². The first-order valence-electron chi connectivity index (χ1n) is 8.47. The number of anilines is 1. The Hall–Kier alpha value is -2.88. The summed E-state index contributed by atoms with van der Waals surface area (Å²) >= 11 is 4.90. The van der Waals surface area contributed by atoms with E-state index in [-0.39, 0.29) is 17.4 Å². The first-order valence-corrected chi connectivity index (χ1v) is 8.88. The van der Waals surface area contributed by atoms with Crippen LogP contribution in [0.4, 0.5) is 23.2 Å². The largest absolute Gasteiger partial charge is 0.506 e. The first kappa shape index (κ1) is 22.4. The topological polar surface area (TPSA) is 70.6 Å². The molecular weight excluding hydrogens is 412 g/mol. The van der Waals surface area contributed by atoms with Gasteiger partial charge in [0.15, 0.2) is 22.5 Å². The maximum absolute atomic E-state index is 14.0. The number of methoxy groups -OCH3 is 1. The third-order valence-corrected chi connectivity index (χ3v) is 4.54. The van der Waals surface area contributed by atoms with E-state index < -0.39 is 45.6 Å². The number of rotatable bonds is 5. The molecule has 0 spiro atoms. The second kappa shape index (κ2) is 9.08. The Morgan fingerprint density at radius 1 is 1.17 bits per heavy atom. The molecule has 0 unspecified atom stereocenters. The molecule has 0 radical (unpaired) electrons. The van der Waals surface area contributed by atoms with Crippen molar-refractivity contribution in [2.24, 2.45) is 0 Å². The van der Waals surface area contributed by atoms with Crippen molar-refractivity contribution in [2.75, 3.05) is 12.4 Å². The van der Waals surface area contributed by atoms with E-state index in [2.05, 4.69) is 10.1 Å². The Bertz CT molecular complexity index is 940. The Morgan fingerprint density at radius 3 is 2.28 bits per heavy atom. The smallest absolute Gasteiger partial charge is 0.263 e. The van der Waals surface area contributed by atoms with E-state index in [0.29, 0.717) is 0 Å². The minimum absolute atomic E-state index is 0.140. The van der Waals surface area contributed by atoms with Crippen LogP contribution in [0.25, 0.3) is 0 Å². The van der Waals surface area contributed by atoms with E-state index in [1.54, 1.807) is 12.1 Å². The molecule has 2 rings (SSSR count). The minimum Gasteiger partial charge on any atom is -0.506 e. The first-order chi connectivity index (χ1) is 13.6. The van der Waals surface area contributed by atoms with E-state index >= 15 is 0 Å². The van der Waals surface area contributed by atoms with E-state index in [1.165, 1.54) is 6.07 Å². The summed E-state index contributed by atoms with van der Waals surface area (Å²) in [5.74, 6) is -10.4. The molecule has 0 saturated heterocycles. The zero-order valence-corrected chi connectivity index (χ0v) is 16.5. The molecule has 10 heteroatoms. The van der Waals surface area contributed by atoms with Crippen LogP contribution in [0.15, 0.2) is 18.2 Å². The Kier molecular flexibility index (Phi) is 7.02. The fourth-order valence-corrected chi connectivity index (χ4v) is 2.71. The summed E-state index contributed by atoms with van der Waals surface area (Å²) in [6.45, 7) is 3.94. The molecule has 156 valence electrons. The van der Waals surface area contributed by atoms with Gasteiger partial charge in [-0.1, -0.05) is 19.9 Å². The Balaban J connectivity index is 2.26. The molecule has 5 nitrogen and oxygen atoms in total. The summed E-state index contributed by atoms with van der Waals surface area (Å²) in [6.07, 6.45) is 0.832. The number of carbonyl (C=O) groups is 1. The molecule has 0 aromatic heterocycles. The minimum atomic E-state index is -1.93. The summed E-state index contributed by atoms with van der Waals surface area (Å²) in [4.78, 5) is 12.1. The highest BCUT2D eigenvalue weighted by molar-refractivity contribution is 7.80. The highest BCUT2D eigenvalue weighted by Crippen LogP contribution is 2.30. The molecular formula is C19H18F4N2O3S. The standard InChI is InChI=1S/C19H18F4N2O3S/c1-4-8(2)9-5-6-11(26)10(7-9)24-19(29)25-18(27)12-13(20)15(22)17(28-3)16(23)14(12)21/h5-8,26H,4H2,1-3H3,(H2,24,25,27,29)/t8-/m1/s1. The lowest BCUT2D eigenvalue weighted by Crippen LogP contribution is -2.35. The number of halogens is 4. The second-order valence-electron chi connectivity index (χ2n) is 6.16. The molecule has 0 saturated carbocycles. The van der Waals surface area contributed by atoms with Crippen molar-refractivity contribution in [3.63, 3.8) is 0 Å². The average Bonchev–Trinajstić information content (AvgIpc) is 2.68. The quantitative estimate of drug-likeness (QED) is 0.280. The predicted octanol–water partition coefficient (Wildman–Crippen LogP) is 4.60. The maximum atomic E-state index is 14.0. The monoisotopic (exact) mass is 430 g/mol. The highest BCUT2D eigenvalue weighted by Gasteiger charge is 2.30. The molecule has 0 aliphatic rings. The van der Waals surface area contributed by atoms with Crippen molar-refractivity contribution in [3.05, 3.63) is 52.6 Å². The molecule has 0 fully saturated rings. The number of aromatic hydroxyl groups is 1. The molecule has 0 aliphatic heterocycles. The lowest BCUT2D eigenvalue weighted by atomic mass is 9.98. The van der Waals surface area contributed by atoms with Gasteiger partial charge >= 0.3 is 0 Å². The molecule has 0 aliphatic carbocycles.